The number of nitrogens with one attached hydrogen (secondary N) is 1. The number of morpholine rings is 1. The lowest BCUT2D eigenvalue weighted by Gasteiger charge is -2.28. The molecule has 0 spiro atoms. The summed E-state index contributed by atoms with van der Waals surface area (Å²) in [6.07, 6.45) is 6.33. The molecule has 0 unspecified atom stereocenters. The van der Waals surface area contributed by atoms with Gasteiger partial charge in [-0.2, -0.15) is 0 Å². The summed E-state index contributed by atoms with van der Waals surface area (Å²) in [6, 6.07) is 3.21. The fourth-order valence-electron chi connectivity index (χ4n) is 2.74. The highest BCUT2D eigenvalue weighted by atomic mass is 32.2. The molecular formula is C21H23N5O3S2. The summed E-state index contributed by atoms with van der Waals surface area (Å²) in [7, 11) is -3.63. The van der Waals surface area contributed by atoms with Crippen LogP contribution >= 0.6 is 11.3 Å². The first-order chi connectivity index (χ1) is 15.0. The monoisotopic (exact) mass is 457 g/mol. The fraction of sp³-hybridized carbons (Fsp3) is 0.286. The van der Waals surface area contributed by atoms with E-state index in [2.05, 4.69) is 43.0 Å². The lowest BCUT2D eigenvalue weighted by atomic mass is 10.2. The molecule has 162 valence electrons. The fourth-order valence-corrected chi connectivity index (χ4v) is 4.79. The Hall–Kier alpha value is -3.00. The van der Waals surface area contributed by atoms with Crippen molar-refractivity contribution in [2.24, 2.45) is 4.99 Å². The second kappa shape index (κ2) is 10.9. The number of allylic oxidation sites excluding steroid dienone is 1. The van der Waals surface area contributed by atoms with E-state index in [0.29, 0.717) is 19.6 Å². The maximum absolute atomic E-state index is 12.3. The molecule has 0 amide bonds. The Morgan fingerprint density at radius 3 is 2.94 bits per heavy atom. The number of thiophene rings is 1. The van der Waals surface area contributed by atoms with Crippen molar-refractivity contribution in [3.05, 3.63) is 59.6 Å². The number of sulfonamides is 1. The number of rotatable bonds is 7. The number of hydrogen-bond donors (Lipinski definition) is 1. The van der Waals surface area contributed by atoms with Crippen LogP contribution in [-0.4, -0.2) is 50.9 Å². The maximum atomic E-state index is 12.3. The van der Waals surface area contributed by atoms with E-state index in [9.17, 15) is 8.42 Å². The van der Waals surface area contributed by atoms with Crippen LogP contribution in [-0.2, 0) is 14.8 Å². The van der Waals surface area contributed by atoms with Crippen LogP contribution in [0, 0.1) is 18.8 Å². The zero-order chi connectivity index (χ0) is 22.1. The molecule has 31 heavy (non-hydrogen) atoms. The van der Waals surface area contributed by atoms with Crippen LogP contribution < -0.4 is 9.62 Å². The molecule has 1 N–H and O–H groups in total. The third-order valence-electron chi connectivity index (χ3n) is 4.29. The molecule has 0 saturated carbocycles. The van der Waals surface area contributed by atoms with Crippen molar-refractivity contribution in [1.29, 1.82) is 0 Å². The highest BCUT2D eigenvalue weighted by Crippen LogP contribution is 2.19. The van der Waals surface area contributed by atoms with Crippen LogP contribution in [0.15, 0.2) is 57.6 Å². The van der Waals surface area contributed by atoms with E-state index in [1.165, 1.54) is 18.3 Å². The number of hydrogen-bond acceptors (Lipinski definition) is 8. The molecule has 1 aliphatic heterocycles. The van der Waals surface area contributed by atoms with E-state index in [1.807, 2.05) is 6.92 Å². The average molecular weight is 458 g/mol. The lowest BCUT2D eigenvalue weighted by Crippen LogP contribution is -2.37. The van der Waals surface area contributed by atoms with Crippen molar-refractivity contribution >= 4 is 33.4 Å². The molecule has 0 bridgehead atoms. The summed E-state index contributed by atoms with van der Waals surface area (Å²) in [5.41, 5.74) is 1.89. The highest BCUT2D eigenvalue weighted by Gasteiger charge is 2.17. The first-order valence-electron chi connectivity index (χ1n) is 9.55. The van der Waals surface area contributed by atoms with E-state index >= 15 is 0 Å². The van der Waals surface area contributed by atoms with E-state index in [1.54, 1.807) is 24.0 Å². The van der Waals surface area contributed by atoms with E-state index in [0.717, 1.165) is 41.5 Å². The van der Waals surface area contributed by atoms with Crippen molar-refractivity contribution in [2.75, 3.05) is 31.2 Å². The first-order valence-corrected chi connectivity index (χ1v) is 11.9. The molecule has 0 atom stereocenters. The van der Waals surface area contributed by atoms with Gasteiger partial charge in [-0.25, -0.2) is 18.4 Å². The number of aromatic nitrogens is 2. The zero-order valence-corrected chi connectivity index (χ0v) is 18.7. The smallest absolute Gasteiger partial charge is 0.271 e. The molecule has 0 aromatic carbocycles. The average Bonchev–Trinajstić information content (AvgIpc) is 3.33. The second-order valence-corrected chi connectivity index (χ2v) is 9.28. The minimum Gasteiger partial charge on any atom is -0.378 e. The Balaban J connectivity index is 1.65. The molecule has 10 heteroatoms. The molecule has 0 aliphatic carbocycles. The summed E-state index contributed by atoms with van der Waals surface area (Å²) in [6.45, 7) is 8.39. The second-order valence-electron chi connectivity index (χ2n) is 6.42. The minimum atomic E-state index is -3.63. The maximum Gasteiger partial charge on any atom is 0.271 e. The number of anilines is 1. The van der Waals surface area contributed by atoms with Gasteiger partial charge in [0.1, 0.15) is 16.4 Å². The van der Waals surface area contributed by atoms with Gasteiger partial charge in [0, 0.05) is 25.7 Å². The van der Waals surface area contributed by atoms with Gasteiger partial charge in [-0.15, -0.1) is 11.3 Å². The minimum absolute atomic E-state index is 0.228. The van der Waals surface area contributed by atoms with Gasteiger partial charge in [0.25, 0.3) is 10.0 Å². The van der Waals surface area contributed by atoms with Gasteiger partial charge in [-0.3, -0.25) is 9.71 Å². The van der Waals surface area contributed by atoms with Crippen molar-refractivity contribution in [2.45, 2.75) is 17.6 Å². The largest absolute Gasteiger partial charge is 0.378 e. The van der Waals surface area contributed by atoms with E-state index < -0.39 is 10.0 Å². The zero-order valence-electron chi connectivity index (χ0n) is 17.1. The third-order valence-corrected chi connectivity index (χ3v) is 7.06. The molecule has 2 aromatic heterocycles. The Kier molecular flexibility index (Phi) is 7.94. The Morgan fingerprint density at radius 1 is 1.42 bits per heavy atom. The summed E-state index contributed by atoms with van der Waals surface area (Å²) in [4.78, 5) is 14.9. The van der Waals surface area contributed by atoms with Gasteiger partial charge < -0.3 is 9.64 Å². The molecule has 0 radical (unpaired) electrons. The summed E-state index contributed by atoms with van der Waals surface area (Å²) >= 11 is 1.14. The van der Waals surface area contributed by atoms with Gasteiger partial charge in [0.15, 0.2) is 0 Å². The van der Waals surface area contributed by atoms with Crippen LogP contribution in [0.3, 0.4) is 0 Å². The predicted octanol–water partition coefficient (Wildman–Crippen LogP) is 2.50. The first kappa shape index (κ1) is 22.7. The van der Waals surface area contributed by atoms with Crippen molar-refractivity contribution in [3.63, 3.8) is 0 Å². The third kappa shape index (κ3) is 6.24. The van der Waals surface area contributed by atoms with Crippen LogP contribution in [0.1, 0.15) is 17.7 Å². The Bertz CT molecular complexity index is 1120. The normalized spacial score (nSPS) is 14.9. The van der Waals surface area contributed by atoms with E-state index in [-0.39, 0.29) is 9.91 Å². The summed E-state index contributed by atoms with van der Waals surface area (Å²) < 4.78 is 32.6. The quantitative estimate of drug-likeness (QED) is 0.390. The van der Waals surface area contributed by atoms with Gasteiger partial charge in [-0.1, -0.05) is 24.5 Å². The van der Waals surface area contributed by atoms with Crippen molar-refractivity contribution in [3.8, 4) is 11.8 Å². The molecular weight excluding hydrogens is 434 g/mol. The van der Waals surface area contributed by atoms with Crippen molar-refractivity contribution in [1.82, 2.24) is 14.7 Å². The van der Waals surface area contributed by atoms with Gasteiger partial charge in [0.05, 0.1) is 36.4 Å². The molecule has 1 saturated heterocycles. The number of aryl methyl sites for hydroxylation is 1. The number of nitrogens with zero attached hydrogens (tertiary/aromatic N) is 4. The molecule has 1 aliphatic rings. The van der Waals surface area contributed by atoms with Crippen molar-refractivity contribution < 1.29 is 13.2 Å². The Labute approximate surface area is 186 Å². The molecule has 8 nitrogen and oxygen atoms in total. The molecule has 3 rings (SSSR count). The topological polar surface area (TPSA) is 96.8 Å². The van der Waals surface area contributed by atoms with Gasteiger partial charge in [0.2, 0.25) is 0 Å². The highest BCUT2D eigenvalue weighted by molar-refractivity contribution is 7.91. The van der Waals surface area contributed by atoms with Crippen LogP contribution in [0.2, 0.25) is 0 Å². The standard InChI is InChI=1S/C21H23N5O3S2/c1-3-18(25-31(27,28)20-8-6-14-30-20)15-22-9-5-4-7-19-17(2)23-16-24-21(19)26-10-12-29-13-11-26/h3,6,8-9,14-16,25H,1,5,10-13H2,2H3/b18-15+,22-9?. The molecule has 3 heterocycles. The molecule has 1 fully saturated rings. The van der Waals surface area contributed by atoms with E-state index in [4.69, 9.17) is 4.74 Å². The summed E-state index contributed by atoms with van der Waals surface area (Å²) in [5, 5.41) is 1.70. The summed E-state index contributed by atoms with van der Waals surface area (Å²) in [5.74, 6) is 7.01. The molecule has 2 aromatic rings. The van der Waals surface area contributed by atoms with Gasteiger partial charge >= 0.3 is 0 Å². The van der Waals surface area contributed by atoms with Gasteiger partial charge in [-0.05, 0) is 24.4 Å². The van der Waals surface area contributed by atoms with Crippen LogP contribution in [0.4, 0.5) is 5.82 Å². The lowest BCUT2D eigenvalue weighted by molar-refractivity contribution is 0.122. The number of ether oxygens (including phenoxy) is 1. The van der Waals surface area contributed by atoms with Crippen LogP contribution in [0.25, 0.3) is 0 Å². The number of aliphatic imine (C=N–C) groups is 1. The SMILES string of the molecule is C=C/C(=C\N=CCC#Cc1c(C)ncnc1N1CCOCC1)NS(=O)(=O)c1cccs1. The van der Waals surface area contributed by atoms with Crippen LogP contribution in [0.5, 0.6) is 0 Å². The Morgan fingerprint density at radius 2 is 2.23 bits per heavy atom. The predicted molar refractivity (Wildman–Crippen MR) is 123 cm³/mol.